The van der Waals surface area contributed by atoms with Crippen molar-refractivity contribution >= 4 is 42.3 Å². The second-order valence-corrected chi connectivity index (χ2v) is 11.2. The van der Waals surface area contributed by atoms with E-state index in [0.717, 1.165) is 39.2 Å². The van der Waals surface area contributed by atoms with Crippen LogP contribution in [-0.4, -0.2) is 15.0 Å². The molecule has 0 atom stereocenters. The van der Waals surface area contributed by atoms with Crippen LogP contribution in [0.2, 0.25) is 0 Å². The van der Waals surface area contributed by atoms with Crippen LogP contribution in [0.15, 0.2) is 140 Å². The molecule has 4 heteroatoms. The van der Waals surface area contributed by atoms with Crippen LogP contribution in [0.5, 0.6) is 0 Å². The molecule has 3 heterocycles. The maximum absolute atomic E-state index is 5.21. The van der Waals surface area contributed by atoms with E-state index in [9.17, 15) is 0 Å². The van der Waals surface area contributed by atoms with Gasteiger partial charge >= 0.3 is 0 Å². The fraction of sp³-hybridized carbons (Fsp3) is 0. The number of pyridine rings is 1. The highest BCUT2D eigenvalue weighted by atomic mass is 32.1. The smallest absolute Gasteiger partial charge is 0.161 e. The van der Waals surface area contributed by atoms with Crippen LogP contribution < -0.4 is 0 Å². The molecule has 0 aliphatic heterocycles. The number of benzene rings is 5. The van der Waals surface area contributed by atoms with Gasteiger partial charge in [-0.05, 0) is 46.7 Å². The lowest BCUT2D eigenvalue weighted by Crippen LogP contribution is -1.98. The Morgan fingerprint density at radius 3 is 2.10 bits per heavy atom. The van der Waals surface area contributed by atoms with Gasteiger partial charge in [0.15, 0.2) is 5.82 Å². The zero-order valence-corrected chi connectivity index (χ0v) is 22.8. The molecule has 0 bridgehead atoms. The minimum absolute atomic E-state index is 0.695. The van der Waals surface area contributed by atoms with Gasteiger partial charge < -0.3 is 0 Å². The standard InChI is InChI=1S/C37H23N3S/c1-2-12-27-24(9-1)10-7-16-29(27)34-22-33(25-18-19-36-32(21-25)30-14-5-6-17-35(30)41-36)39-37(40-34)31-15-4-3-13-28(31)26-11-8-20-38-23-26/h1-23H. The Morgan fingerprint density at radius 1 is 0.463 bits per heavy atom. The maximum Gasteiger partial charge on any atom is 0.161 e. The Bertz CT molecular complexity index is 2210. The van der Waals surface area contributed by atoms with Crippen molar-refractivity contribution in [3.63, 3.8) is 0 Å². The van der Waals surface area contributed by atoms with Crippen molar-refractivity contribution in [1.29, 1.82) is 0 Å². The van der Waals surface area contributed by atoms with Crippen LogP contribution in [-0.2, 0) is 0 Å². The van der Waals surface area contributed by atoms with Crippen LogP contribution in [0.3, 0.4) is 0 Å². The quantitative estimate of drug-likeness (QED) is 0.222. The second-order valence-electron chi connectivity index (χ2n) is 10.1. The van der Waals surface area contributed by atoms with Crippen LogP contribution in [0.1, 0.15) is 0 Å². The molecule has 3 aromatic heterocycles. The Labute approximate surface area is 241 Å². The van der Waals surface area contributed by atoms with Crippen molar-refractivity contribution in [2.45, 2.75) is 0 Å². The van der Waals surface area contributed by atoms with E-state index in [4.69, 9.17) is 9.97 Å². The molecule has 0 aliphatic rings. The molecule has 0 unspecified atom stereocenters. The molecule has 0 amide bonds. The summed E-state index contributed by atoms with van der Waals surface area (Å²) >= 11 is 1.83. The van der Waals surface area contributed by atoms with Gasteiger partial charge in [-0.15, -0.1) is 11.3 Å². The highest BCUT2D eigenvalue weighted by molar-refractivity contribution is 7.25. The van der Waals surface area contributed by atoms with Gasteiger partial charge in [-0.3, -0.25) is 4.98 Å². The topological polar surface area (TPSA) is 38.7 Å². The molecule has 41 heavy (non-hydrogen) atoms. The number of thiophene rings is 1. The fourth-order valence-corrected chi connectivity index (χ4v) is 6.73. The molecule has 0 saturated carbocycles. The fourth-order valence-electron chi connectivity index (χ4n) is 5.64. The van der Waals surface area contributed by atoms with Crippen molar-refractivity contribution in [3.05, 3.63) is 140 Å². The lowest BCUT2D eigenvalue weighted by Gasteiger charge is -2.13. The summed E-state index contributed by atoms with van der Waals surface area (Å²) in [4.78, 5) is 14.8. The van der Waals surface area contributed by atoms with Gasteiger partial charge in [0.05, 0.1) is 11.4 Å². The molecule has 0 N–H and O–H groups in total. The van der Waals surface area contributed by atoms with E-state index >= 15 is 0 Å². The predicted octanol–water partition coefficient (Wildman–Crippen LogP) is 10.1. The summed E-state index contributed by atoms with van der Waals surface area (Å²) in [5, 5.41) is 4.89. The third kappa shape index (κ3) is 4.17. The van der Waals surface area contributed by atoms with Crippen molar-refractivity contribution < 1.29 is 0 Å². The van der Waals surface area contributed by atoms with E-state index in [2.05, 4.69) is 120 Å². The molecular weight excluding hydrogens is 518 g/mol. The van der Waals surface area contributed by atoms with Crippen LogP contribution >= 0.6 is 11.3 Å². The second kappa shape index (κ2) is 9.77. The zero-order valence-electron chi connectivity index (χ0n) is 22.0. The highest BCUT2D eigenvalue weighted by Gasteiger charge is 2.16. The summed E-state index contributed by atoms with van der Waals surface area (Å²) in [6, 6.07) is 44.7. The summed E-state index contributed by atoms with van der Waals surface area (Å²) < 4.78 is 2.57. The SMILES string of the molecule is c1cncc(-c2ccccc2-c2nc(-c3ccc4sc5ccccc5c4c3)cc(-c3cccc4ccccc34)n2)c1. The number of aromatic nitrogens is 3. The molecule has 0 fully saturated rings. The Morgan fingerprint density at radius 2 is 1.20 bits per heavy atom. The largest absolute Gasteiger partial charge is 0.264 e. The van der Waals surface area contributed by atoms with Gasteiger partial charge in [-0.1, -0.05) is 97.1 Å². The van der Waals surface area contributed by atoms with Gasteiger partial charge in [0.1, 0.15) is 0 Å². The molecule has 0 saturated heterocycles. The molecule has 8 rings (SSSR count). The molecular formula is C37H23N3S. The third-order valence-electron chi connectivity index (χ3n) is 7.60. The first-order valence-electron chi connectivity index (χ1n) is 13.6. The first-order valence-corrected chi connectivity index (χ1v) is 14.4. The first-order chi connectivity index (χ1) is 20.3. The maximum atomic E-state index is 5.21. The zero-order chi connectivity index (χ0) is 27.2. The number of hydrogen-bond donors (Lipinski definition) is 0. The summed E-state index contributed by atoms with van der Waals surface area (Å²) in [6.07, 6.45) is 3.69. The summed E-state index contributed by atoms with van der Waals surface area (Å²) in [7, 11) is 0. The van der Waals surface area contributed by atoms with E-state index < -0.39 is 0 Å². The van der Waals surface area contributed by atoms with Crippen molar-refractivity contribution in [2.24, 2.45) is 0 Å². The van der Waals surface area contributed by atoms with Gasteiger partial charge in [0, 0.05) is 54.8 Å². The van der Waals surface area contributed by atoms with Gasteiger partial charge in [-0.25, -0.2) is 9.97 Å². The normalized spacial score (nSPS) is 11.4. The van der Waals surface area contributed by atoms with E-state index in [0.29, 0.717) is 5.82 Å². The minimum atomic E-state index is 0.695. The van der Waals surface area contributed by atoms with Crippen molar-refractivity contribution in [1.82, 2.24) is 15.0 Å². The molecule has 5 aromatic carbocycles. The summed E-state index contributed by atoms with van der Waals surface area (Å²) in [6.45, 7) is 0. The molecule has 3 nitrogen and oxygen atoms in total. The average Bonchev–Trinajstić information content (AvgIpc) is 3.43. The van der Waals surface area contributed by atoms with Gasteiger partial charge in [-0.2, -0.15) is 0 Å². The van der Waals surface area contributed by atoms with Crippen LogP contribution in [0.25, 0.3) is 76.0 Å². The molecule has 0 spiro atoms. The van der Waals surface area contributed by atoms with Gasteiger partial charge in [0.2, 0.25) is 0 Å². The number of nitrogens with zero attached hydrogens (tertiary/aromatic N) is 3. The van der Waals surface area contributed by atoms with Crippen LogP contribution in [0.4, 0.5) is 0 Å². The monoisotopic (exact) mass is 541 g/mol. The molecule has 8 aromatic rings. The number of hydrogen-bond acceptors (Lipinski definition) is 4. The van der Waals surface area contributed by atoms with Gasteiger partial charge in [0.25, 0.3) is 0 Å². The number of rotatable bonds is 4. The van der Waals surface area contributed by atoms with Crippen molar-refractivity contribution in [2.75, 3.05) is 0 Å². The van der Waals surface area contributed by atoms with E-state index in [1.54, 1.807) is 6.20 Å². The van der Waals surface area contributed by atoms with E-state index in [1.807, 2.05) is 29.7 Å². The first kappa shape index (κ1) is 23.7. The third-order valence-corrected chi connectivity index (χ3v) is 8.76. The molecule has 0 aliphatic carbocycles. The molecule has 192 valence electrons. The average molecular weight is 542 g/mol. The lowest BCUT2D eigenvalue weighted by atomic mass is 9.98. The summed E-state index contributed by atoms with van der Waals surface area (Å²) in [5.74, 6) is 0.695. The van der Waals surface area contributed by atoms with E-state index in [-0.39, 0.29) is 0 Å². The molecule has 0 radical (unpaired) electrons. The Kier molecular flexibility index (Phi) is 5.64. The van der Waals surface area contributed by atoms with Crippen molar-refractivity contribution in [3.8, 4) is 45.0 Å². The minimum Gasteiger partial charge on any atom is -0.264 e. The van der Waals surface area contributed by atoms with E-state index in [1.165, 1.54) is 30.9 Å². The van der Waals surface area contributed by atoms with Crippen LogP contribution in [0, 0.1) is 0 Å². The number of fused-ring (bicyclic) bond motifs is 4. The Hall–Kier alpha value is -5.19. The predicted molar refractivity (Wildman–Crippen MR) is 172 cm³/mol. The lowest BCUT2D eigenvalue weighted by molar-refractivity contribution is 1.19. The Balaban J connectivity index is 1.39. The highest BCUT2D eigenvalue weighted by Crippen LogP contribution is 2.38. The summed E-state index contributed by atoms with van der Waals surface area (Å²) in [5.41, 5.74) is 7.04.